The van der Waals surface area contributed by atoms with Gasteiger partial charge in [0.15, 0.2) is 0 Å². The first-order valence-electron chi connectivity index (χ1n) is 6.16. The number of rotatable bonds is 5. The number of amides is 1. The topological polar surface area (TPSA) is 44.9 Å². The fraction of sp³-hybridized carbons (Fsp3) is 0.357. The summed E-state index contributed by atoms with van der Waals surface area (Å²) in [6.07, 6.45) is 5.73. The van der Waals surface area contributed by atoms with Crippen molar-refractivity contribution >= 4 is 22.5 Å². The average molecular weight is 230 g/mol. The maximum Gasteiger partial charge on any atom is 0.224 e. The Morgan fingerprint density at radius 3 is 3.00 bits per heavy atom. The highest BCUT2D eigenvalue weighted by atomic mass is 16.1. The van der Waals surface area contributed by atoms with E-state index in [-0.39, 0.29) is 5.91 Å². The zero-order chi connectivity index (χ0) is 12.1. The minimum absolute atomic E-state index is 0.101. The van der Waals surface area contributed by atoms with Crippen molar-refractivity contribution in [2.45, 2.75) is 32.6 Å². The van der Waals surface area contributed by atoms with Crippen molar-refractivity contribution in [3.8, 4) is 0 Å². The highest BCUT2D eigenvalue weighted by Crippen LogP contribution is 2.17. The predicted molar refractivity (Wildman–Crippen MR) is 71.1 cm³/mol. The van der Waals surface area contributed by atoms with Gasteiger partial charge in [-0.3, -0.25) is 4.79 Å². The number of unbranched alkanes of at least 4 members (excludes halogenated alkanes) is 2. The lowest BCUT2D eigenvalue weighted by atomic mass is 10.2. The summed E-state index contributed by atoms with van der Waals surface area (Å²) in [5.74, 6) is 0.101. The molecule has 3 heteroatoms. The van der Waals surface area contributed by atoms with Crippen molar-refractivity contribution in [3.63, 3.8) is 0 Å². The highest BCUT2D eigenvalue weighted by Gasteiger charge is 2.02. The number of aromatic nitrogens is 1. The normalized spacial score (nSPS) is 10.6. The molecule has 0 aliphatic rings. The van der Waals surface area contributed by atoms with Gasteiger partial charge in [-0.1, -0.05) is 25.8 Å². The van der Waals surface area contributed by atoms with Crippen LogP contribution in [0.3, 0.4) is 0 Å². The van der Waals surface area contributed by atoms with E-state index in [4.69, 9.17) is 0 Å². The first-order chi connectivity index (χ1) is 8.29. The fourth-order valence-electron chi connectivity index (χ4n) is 1.88. The van der Waals surface area contributed by atoms with E-state index in [1.807, 2.05) is 30.5 Å². The Bertz CT molecular complexity index is 502. The van der Waals surface area contributed by atoms with Gasteiger partial charge in [0.05, 0.1) is 0 Å². The molecule has 0 bridgehead atoms. The second-order valence-corrected chi connectivity index (χ2v) is 4.28. The van der Waals surface area contributed by atoms with Crippen LogP contribution in [0.15, 0.2) is 30.5 Å². The molecule has 1 aromatic heterocycles. The zero-order valence-electron chi connectivity index (χ0n) is 10.1. The van der Waals surface area contributed by atoms with Crippen LogP contribution in [0, 0.1) is 0 Å². The number of carbonyl (C=O) groups excluding carboxylic acids is 1. The number of hydrogen-bond acceptors (Lipinski definition) is 1. The molecule has 3 nitrogen and oxygen atoms in total. The smallest absolute Gasteiger partial charge is 0.224 e. The first kappa shape index (κ1) is 11.7. The van der Waals surface area contributed by atoms with Gasteiger partial charge >= 0.3 is 0 Å². The van der Waals surface area contributed by atoms with Crippen LogP contribution in [0.1, 0.15) is 32.6 Å². The molecule has 1 heterocycles. The Kier molecular flexibility index (Phi) is 3.81. The van der Waals surface area contributed by atoms with E-state index in [1.54, 1.807) is 0 Å². The summed E-state index contributed by atoms with van der Waals surface area (Å²) in [7, 11) is 0. The number of hydrogen-bond donors (Lipinski definition) is 2. The lowest BCUT2D eigenvalue weighted by Gasteiger charge is -2.05. The molecule has 1 aromatic carbocycles. The molecule has 0 spiro atoms. The molecule has 1 amide bonds. The number of carbonyl (C=O) groups is 1. The van der Waals surface area contributed by atoms with Crippen molar-refractivity contribution in [2.75, 3.05) is 5.32 Å². The first-order valence-corrected chi connectivity index (χ1v) is 6.16. The maximum atomic E-state index is 11.6. The summed E-state index contributed by atoms with van der Waals surface area (Å²) in [6, 6.07) is 7.93. The largest absolute Gasteiger partial charge is 0.361 e. The minimum atomic E-state index is 0.101. The van der Waals surface area contributed by atoms with E-state index in [9.17, 15) is 4.79 Å². The summed E-state index contributed by atoms with van der Waals surface area (Å²) < 4.78 is 0. The number of nitrogens with one attached hydrogen (secondary N) is 2. The number of benzene rings is 1. The van der Waals surface area contributed by atoms with Crippen LogP contribution in [0.25, 0.3) is 10.9 Å². The highest BCUT2D eigenvalue weighted by molar-refractivity contribution is 5.93. The maximum absolute atomic E-state index is 11.6. The Hall–Kier alpha value is -1.77. The van der Waals surface area contributed by atoms with Crippen LogP contribution in [0.4, 0.5) is 5.69 Å². The van der Waals surface area contributed by atoms with Crippen molar-refractivity contribution in [1.29, 1.82) is 0 Å². The summed E-state index contributed by atoms with van der Waals surface area (Å²) in [5, 5.41) is 4.08. The molecule has 0 unspecified atom stereocenters. The van der Waals surface area contributed by atoms with E-state index >= 15 is 0 Å². The number of anilines is 1. The van der Waals surface area contributed by atoms with Gasteiger partial charge in [-0.05, 0) is 30.0 Å². The van der Waals surface area contributed by atoms with Gasteiger partial charge < -0.3 is 10.3 Å². The van der Waals surface area contributed by atoms with Gasteiger partial charge in [0.2, 0.25) is 5.91 Å². The van der Waals surface area contributed by atoms with E-state index < -0.39 is 0 Å². The molecule has 2 rings (SSSR count). The zero-order valence-corrected chi connectivity index (χ0v) is 10.1. The summed E-state index contributed by atoms with van der Waals surface area (Å²) in [5.41, 5.74) is 1.91. The lowest BCUT2D eigenvalue weighted by Crippen LogP contribution is -2.10. The number of fused-ring (bicyclic) bond motifs is 1. The number of aromatic amines is 1. The molecule has 90 valence electrons. The van der Waals surface area contributed by atoms with Crippen LogP contribution >= 0.6 is 0 Å². The molecule has 0 saturated carbocycles. The monoisotopic (exact) mass is 230 g/mol. The lowest BCUT2D eigenvalue weighted by molar-refractivity contribution is -0.116. The van der Waals surface area contributed by atoms with Gasteiger partial charge in [-0.15, -0.1) is 0 Å². The molecule has 17 heavy (non-hydrogen) atoms. The predicted octanol–water partition coefficient (Wildman–Crippen LogP) is 3.69. The van der Waals surface area contributed by atoms with Gasteiger partial charge in [0.1, 0.15) is 0 Å². The Balaban J connectivity index is 1.95. The van der Waals surface area contributed by atoms with Crippen molar-refractivity contribution in [2.24, 2.45) is 0 Å². The summed E-state index contributed by atoms with van der Waals surface area (Å²) >= 11 is 0. The Morgan fingerprint density at radius 2 is 2.18 bits per heavy atom. The Labute approximate surface area is 101 Å². The van der Waals surface area contributed by atoms with Crippen LogP contribution in [-0.2, 0) is 4.79 Å². The van der Waals surface area contributed by atoms with Crippen LogP contribution < -0.4 is 5.32 Å². The molecule has 0 saturated heterocycles. The molecule has 0 radical (unpaired) electrons. The van der Waals surface area contributed by atoms with Crippen LogP contribution in [0.2, 0.25) is 0 Å². The fourth-order valence-corrected chi connectivity index (χ4v) is 1.88. The van der Waals surface area contributed by atoms with E-state index in [2.05, 4.69) is 17.2 Å². The molecule has 0 aliphatic heterocycles. The minimum Gasteiger partial charge on any atom is -0.361 e. The SMILES string of the molecule is CCCCCC(=O)Nc1ccc2cc[nH]c2c1. The Morgan fingerprint density at radius 1 is 1.29 bits per heavy atom. The summed E-state index contributed by atoms with van der Waals surface area (Å²) in [6.45, 7) is 2.14. The van der Waals surface area contributed by atoms with Gasteiger partial charge in [-0.25, -0.2) is 0 Å². The second kappa shape index (κ2) is 5.53. The number of H-pyrrole nitrogens is 1. The standard InChI is InChI=1S/C14H18N2O/c1-2-3-4-5-14(17)16-12-7-6-11-8-9-15-13(11)10-12/h6-10,15H,2-5H2,1H3,(H,16,17). The van der Waals surface area contributed by atoms with Crippen LogP contribution in [0.5, 0.6) is 0 Å². The molecule has 0 aliphatic carbocycles. The second-order valence-electron chi connectivity index (χ2n) is 4.28. The molecule has 2 N–H and O–H groups in total. The van der Waals surface area contributed by atoms with E-state index in [1.165, 1.54) is 0 Å². The molecular formula is C14H18N2O. The third-order valence-electron chi connectivity index (χ3n) is 2.85. The van der Waals surface area contributed by atoms with Crippen molar-refractivity contribution in [3.05, 3.63) is 30.5 Å². The van der Waals surface area contributed by atoms with E-state index in [0.29, 0.717) is 6.42 Å². The van der Waals surface area contributed by atoms with E-state index in [0.717, 1.165) is 35.9 Å². The molecule has 0 fully saturated rings. The van der Waals surface area contributed by atoms with Gasteiger partial charge in [0, 0.05) is 23.8 Å². The quantitative estimate of drug-likeness (QED) is 0.756. The average Bonchev–Trinajstić information content (AvgIpc) is 2.76. The third kappa shape index (κ3) is 3.09. The molecular weight excluding hydrogens is 212 g/mol. The van der Waals surface area contributed by atoms with Crippen LogP contribution in [-0.4, -0.2) is 10.9 Å². The van der Waals surface area contributed by atoms with Gasteiger partial charge in [0.25, 0.3) is 0 Å². The third-order valence-corrected chi connectivity index (χ3v) is 2.85. The van der Waals surface area contributed by atoms with Crippen molar-refractivity contribution in [1.82, 2.24) is 4.98 Å². The summed E-state index contributed by atoms with van der Waals surface area (Å²) in [4.78, 5) is 14.8. The molecule has 2 aromatic rings. The molecule has 0 atom stereocenters. The van der Waals surface area contributed by atoms with Gasteiger partial charge in [-0.2, -0.15) is 0 Å². The van der Waals surface area contributed by atoms with Crippen molar-refractivity contribution < 1.29 is 4.79 Å².